The fourth-order valence-electron chi connectivity index (χ4n) is 4.74. The van der Waals surface area contributed by atoms with Crippen LogP contribution in [-0.2, 0) is 0 Å². The van der Waals surface area contributed by atoms with E-state index in [-0.39, 0.29) is 5.52 Å². The maximum atomic E-state index is 15.3. The summed E-state index contributed by atoms with van der Waals surface area (Å²) in [4.78, 5) is 21.1. The maximum absolute atomic E-state index is 15.3. The van der Waals surface area contributed by atoms with E-state index >= 15 is 4.39 Å². The van der Waals surface area contributed by atoms with E-state index in [1.165, 1.54) is 6.07 Å². The lowest BCUT2D eigenvalue weighted by Gasteiger charge is -2.15. The highest BCUT2D eigenvalue weighted by molar-refractivity contribution is 5.97. The molecule has 7 aromatic rings. The van der Waals surface area contributed by atoms with E-state index in [2.05, 4.69) is 35.5 Å². The van der Waals surface area contributed by atoms with Crippen molar-refractivity contribution in [2.24, 2.45) is 0 Å². The first-order valence-electron chi connectivity index (χ1n) is 12.5. The van der Waals surface area contributed by atoms with Gasteiger partial charge in [0.05, 0.1) is 23.1 Å². The van der Waals surface area contributed by atoms with E-state index in [4.69, 9.17) is 4.98 Å². The number of pyridine rings is 3. The molecule has 5 aromatic heterocycles. The fraction of sp³-hybridized carbons (Fsp3) is 0.0333. The van der Waals surface area contributed by atoms with Crippen molar-refractivity contribution in [2.45, 2.75) is 6.23 Å². The number of aliphatic hydroxyl groups excluding tert-OH is 1. The number of aliphatic hydroxyl groups is 1. The van der Waals surface area contributed by atoms with Gasteiger partial charge in [0, 0.05) is 46.9 Å². The van der Waals surface area contributed by atoms with E-state index < -0.39 is 12.0 Å². The van der Waals surface area contributed by atoms with Crippen molar-refractivity contribution in [2.75, 3.05) is 5.32 Å². The Morgan fingerprint density at radius 1 is 0.825 bits per heavy atom. The number of halogens is 1. The molecule has 0 saturated carbocycles. The summed E-state index contributed by atoms with van der Waals surface area (Å²) in [6, 6.07) is 19.9. The van der Waals surface area contributed by atoms with Gasteiger partial charge < -0.3 is 15.4 Å². The van der Waals surface area contributed by atoms with Crippen LogP contribution in [0.1, 0.15) is 11.8 Å². The Bertz CT molecular complexity index is 1970. The Morgan fingerprint density at radius 3 is 2.55 bits per heavy atom. The molecule has 9 nitrogen and oxygen atoms in total. The first kappa shape index (κ1) is 23.6. The van der Waals surface area contributed by atoms with Gasteiger partial charge in [-0.3, -0.25) is 20.1 Å². The molecule has 1 unspecified atom stereocenters. The van der Waals surface area contributed by atoms with Crippen LogP contribution in [-0.4, -0.2) is 40.2 Å². The van der Waals surface area contributed by atoms with Gasteiger partial charge in [-0.25, -0.2) is 9.37 Å². The topological polar surface area (TPSA) is 128 Å². The Hall–Kier alpha value is -5.48. The summed E-state index contributed by atoms with van der Waals surface area (Å²) in [7, 11) is 0. The molecule has 0 saturated heterocycles. The maximum Gasteiger partial charge on any atom is 0.157 e. The minimum atomic E-state index is -0.919. The van der Waals surface area contributed by atoms with Gasteiger partial charge in [-0.2, -0.15) is 5.10 Å². The Labute approximate surface area is 226 Å². The SMILES string of the molecule is OC(Nc1cncc(-c2cc(F)c3n[nH]c(-c4nc5c(-c6cccnc6)nccc5[nH]4)c3c2)c1)c1ccccc1. The van der Waals surface area contributed by atoms with Crippen molar-refractivity contribution in [3.8, 4) is 33.9 Å². The molecule has 2 aromatic carbocycles. The van der Waals surface area contributed by atoms with Gasteiger partial charge in [-0.05, 0) is 42.0 Å². The van der Waals surface area contributed by atoms with Gasteiger partial charge in [0.25, 0.3) is 0 Å². The third-order valence-corrected chi connectivity index (χ3v) is 6.68. The lowest BCUT2D eigenvalue weighted by molar-refractivity contribution is 0.208. The molecular weight excluding hydrogens is 507 g/mol. The summed E-state index contributed by atoms with van der Waals surface area (Å²) < 4.78 is 15.3. The number of H-pyrrole nitrogens is 2. The molecule has 0 bridgehead atoms. The normalized spacial score (nSPS) is 12.2. The van der Waals surface area contributed by atoms with Crippen LogP contribution in [0.25, 0.3) is 55.8 Å². The molecule has 0 aliphatic heterocycles. The molecule has 0 radical (unpaired) electrons. The highest BCUT2D eigenvalue weighted by Crippen LogP contribution is 2.34. The number of aromatic nitrogens is 7. The number of hydrogen-bond acceptors (Lipinski definition) is 7. The van der Waals surface area contributed by atoms with Crippen LogP contribution in [0.3, 0.4) is 0 Å². The standard InChI is InChI=1S/C30H21FN8O/c31-23-13-19(20-11-21(16-33-15-20)35-30(40)17-5-2-1-3-6-17)12-22-26(23)38-39-27(22)29-36-24-8-10-34-25(28(24)37-29)18-7-4-9-32-14-18/h1-16,30,35,40H,(H,36,37)(H,38,39). The minimum Gasteiger partial charge on any atom is -0.369 e. The van der Waals surface area contributed by atoms with Crippen molar-refractivity contribution in [3.63, 3.8) is 0 Å². The van der Waals surface area contributed by atoms with Crippen molar-refractivity contribution < 1.29 is 9.50 Å². The fourth-order valence-corrected chi connectivity index (χ4v) is 4.74. The molecule has 0 fully saturated rings. The molecule has 194 valence electrons. The van der Waals surface area contributed by atoms with Gasteiger partial charge in [-0.15, -0.1) is 0 Å². The van der Waals surface area contributed by atoms with Crippen LogP contribution in [0.5, 0.6) is 0 Å². The van der Waals surface area contributed by atoms with Crippen LogP contribution >= 0.6 is 0 Å². The molecule has 10 heteroatoms. The van der Waals surface area contributed by atoms with Crippen LogP contribution in [0.4, 0.5) is 10.1 Å². The lowest BCUT2D eigenvalue weighted by atomic mass is 10.0. The quantitative estimate of drug-likeness (QED) is 0.199. The number of hydrogen-bond donors (Lipinski definition) is 4. The molecule has 7 rings (SSSR count). The van der Waals surface area contributed by atoms with Gasteiger partial charge in [0.1, 0.15) is 16.7 Å². The number of rotatable bonds is 6. The molecule has 4 N–H and O–H groups in total. The average Bonchev–Trinajstić information content (AvgIpc) is 3.63. The van der Waals surface area contributed by atoms with E-state index in [1.807, 2.05) is 60.7 Å². The van der Waals surface area contributed by atoms with Gasteiger partial charge in [0.2, 0.25) is 0 Å². The zero-order valence-electron chi connectivity index (χ0n) is 20.9. The molecule has 5 heterocycles. The summed E-state index contributed by atoms with van der Waals surface area (Å²) >= 11 is 0. The van der Waals surface area contributed by atoms with E-state index in [0.717, 1.165) is 16.6 Å². The second-order valence-corrected chi connectivity index (χ2v) is 9.26. The molecule has 0 spiro atoms. The first-order valence-corrected chi connectivity index (χ1v) is 12.5. The third-order valence-electron chi connectivity index (χ3n) is 6.68. The van der Waals surface area contributed by atoms with E-state index in [0.29, 0.717) is 44.9 Å². The number of nitrogens with one attached hydrogen (secondary N) is 3. The summed E-state index contributed by atoms with van der Waals surface area (Å²) in [5, 5.41) is 21.4. The van der Waals surface area contributed by atoms with Crippen LogP contribution in [0.15, 0.2) is 97.7 Å². The monoisotopic (exact) mass is 528 g/mol. The summed E-state index contributed by atoms with van der Waals surface area (Å²) in [6.45, 7) is 0. The Kier molecular flexibility index (Phi) is 5.72. The highest BCUT2D eigenvalue weighted by atomic mass is 19.1. The number of anilines is 1. The second kappa shape index (κ2) is 9.68. The van der Waals surface area contributed by atoms with E-state index in [9.17, 15) is 5.11 Å². The number of imidazole rings is 1. The first-order chi connectivity index (χ1) is 19.6. The van der Waals surface area contributed by atoms with Gasteiger partial charge in [0.15, 0.2) is 17.9 Å². The molecule has 0 aliphatic rings. The van der Waals surface area contributed by atoms with Crippen molar-refractivity contribution >= 4 is 27.6 Å². The molecule has 0 amide bonds. The summed E-state index contributed by atoms with van der Waals surface area (Å²) in [5.41, 5.74) is 6.32. The summed E-state index contributed by atoms with van der Waals surface area (Å²) in [6.07, 6.45) is 7.48. The number of aromatic amines is 2. The highest BCUT2D eigenvalue weighted by Gasteiger charge is 2.19. The van der Waals surface area contributed by atoms with Crippen LogP contribution in [0.2, 0.25) is 0 Å². The molecule has 1 atom stereocenters. The lowest BCUT2D eigenvalue weighted by Crippen LogP contribution is -2.09. The minimum absolute atomic E-state index is 0.201. The molecule has 40 heavy (non-hydrogen) atoms. The Morgan fingerprint density at radius 2 is 1.70 bits per heavy atom. The zero-order chi connectivity index (χ0) is 27.1. The Balaban J connectivity index is 1.27. The van der Waals surface area contributed by atoms with Crippen molar-refractivity contribution in [1.82, 2.24) is 35.1 Å². The number of benzene rings is 2. The van der Waals surface area contributed by atoms with Crippen molar-refractivity contribution in [1.29, 1.82) is 0 Å². The van der Waals surface area contributed by atoms with Gasteiger partial charge in [-0.1, -0.05) is 30.3 Å². The average molecular weight is 529 g/mol. The largest absolute Gasteiger partial charge is 0.369 e. The predicted molar refractivity (Wildman–Crippen MR) is 150 cm³/mol. The number of fused-ring (bicyclic) bond motifs is 2. The third kappa shape index (κ3) is 4.22. The number of nitrogens with zero attached hydrogens (tertiary/aromatic N) is 5. The predicted octanol–water partition coefficient (Wildman–Crippen LogP) is 5.87. The smallest absolute Gasteiger partial charge is 0.157 e. The second-order valence-electron chi connectivity index (χ2n) is 9.26. The zero-order valence-corrected chi connectivity index (χ0v) is 20.9. The molecule has 0 aliphatic carbocycles. The van der Waals surface area contributed by atoms with Gasteiger partial charge >= 0.3 is 0 Å². The summed E-state index contributed by atoms with van der Waals surface area (Å²) in [5.74, 6) is 0.0261. The van der Waals surface area contributed by atoms with Crippen molar-refractivity contribution in [3.05, 3.63) is 109 Å². The van der Waals surface area contributed by atoms with Crippen LogP contribution < -0.4 is 5.32 Å². The van der Waals surface area contributed by atoms with E-state index in [1.54, 1.807) is 31.0 Å². The van der Waals surface area contributed by atoms with Crippen LogP contribution in [0, 0.1) is 5.82 Å². The molecular formula is C30H21FN8O.